The molecule has 5 nitrogen and oxygen atoms in total. The zero-order valence-corrected chi connectivity index (χ0v) is 13.4. The van der Waals surface area contributed by atoms with Gasteiger partial charge in [-0.05, 0) is 30.5 Å². The SMILES string of the molecule is CC(C)CCNc1nccc(C(=O)Nc2ccccc2Cl)n1. The Hall–Kier alpha value is -2.14. The van der Waals surface area contributed by atoms with Gasteiger partial charge in [-0.25, -0.2) is 9.97 Å². The van der Waals surface area contributed by atoms with Gasteiger partial charge in [0.15, 0.2) is 0 Å². The highest BCUT2D eigenvalue weighted by molar-refractivity contribution is 6.33. The van der Waals surface area contributed by atoms with Gasteiger partial charge in [0.2, 0.25) is 5.95 Å². The fraction of sp³-hybridized carbons (Fsp3) is 0.312. The number of nitrogens with one attached hydrogen (secondary N) is 2. The lowest BCUT2D eigenvalue weighted by Crippen LogP contribution is -2.16. The van der Waals surface area contributed by atoms with Crippen molar-refractivity contribution in [1.82, 2.24) is 9.97 Å². The van der Waals surface area contributed by atoms with E-state index in [1.807, 2.05) is 0 Å². The number of anilines is 2. The van der Waals surface area contributed by atoms with Crippen molar-refractivity contribution in [3.8, 4) is 0 Å². The lowest BCUT2D eigenvalue weighted by atomic mass is 10.1. The average Bonchev–Trinajstić information content (AvgIpc) is 2.49. The molecule has 1 heterocycles. The van der Waals surface area contributed by atoms with Gasteiger partial charge in [0.05, 0.1) is 10.7 Å². The Morgan fingerprint density at radius 2 is 2.05 bits per heavy atom. The molecule has 1 aromatic carbocycles. The van der Waals surface area contributed by atoms with Crippen molar-refractivity contribution in [1.29, 1.82) is 0 Å². The molecule has 116 valence electrons. The molecule has 2 aromatic rings. The standard InChI is InChI=1S/C16H19ClN4O/c1-11(2)7-9-18-16-19-10-8-14(21-16)15(22)20-13-6-4-3-5-12(13)17/h3-6,8,10-11H,7,9H2,1-2H3,(H,20,22)(H,18,19,21). The molecule has 2 rings (SSSR count). The van der Waals surface area contributed by atoms with Gasteiger partial charge in [-0.1, -0.05) is 37.6 Å². The van der Waals surface area contributed by atoms with E-state index in [9.17, 15) is 4.79 Å². The predicted octanol–water partition coefficient (Wildman–Crippen LogP) is 3.84. The molecule has 0 bridgehead atoms. The maximum absolute atomic E-state index is 12.2. The van der Waals surface area contributed by atoms with Gasteiger partial charge in [0, 0.05) is 12.7 Å². The maximum atomic E-state index is 12.2. The number of rotatable bonds is 6. The number of amides is 1. The fourth-order valence-electron chi connectivity index (χ4n) is 1.79. The number of halogens is 1. The highest BCUT2D eigenvalue weighted by Crippen LogP contribution is 2.20. The number of hydrogen-bond acceptors (Lipinski definition) is 4. The Labute approximate surface area is 135 Å². The van der Waals surface area contributed by atoms with E-state index in [0.29, 0.717) is 28.3 Å². The zero-order chi connectivity index (χ0) is 15.9. The molecule has 0 atom stereocenters. The van der Waals surface area contributed by atoms with Gasteiger partial charge in [-0.2, -0.15) is 0 Å². The average molecular weight is 319 g/mol. The molecule has 0 aliphatic rings. The number of para-hydroxylation sites is 1. The van der Waals surface area contributed by atoms with Gasteiger partial charge in [-0.3, -0.25) is 4.79 Å². The molecule has 22 heavy (non-hydrogen) atoms. The summed E-state index contributed by atoms with van der Waals surface area (Å²) < 4.78 is 0. The van der Waals surface area contributed by atoms with Crippen LogP contribution in [0.15, 0.2) is 36.5 Å². The number of nitrogens with zero attached hydrogens (tertiary/aromatic N) is 2. The summed E-state index contributed by atoms with van der Waals surface area (Å²) in [6.07, 6.45) is 2.58. The Bertz CT molecular complexity index is 646. The van der Waals surface area contributed by atoms with Crippen LogP contribution in [-0.2, 0) is 0 Å². The van der Waals surface area contributed by atoms with Gasteiger partial charge in [-0.15, -0.1) is 0 Å². The topological polar surface area (TPSA) is 66.9 Å². The highest BCUT2D eigenvalue weighted by atomic mass is 35.5. The van der Waals surface area contributed by atoms with Crippen molar-refractivity contribution in [2.45, 2.75) is 20.3 Å². The van der Waals surface area contributed by atoms with Crippen LogP contribution >= 0.6 is 11.6 Å². The van der Waals surface area contributed by atoms with Crippen molar-refractivity contribution in [2.24, 2.45) is 5.92 Å². The molecule has 0 saturated heterocycles. The second kappa shape index (κ2) is 7.75. The molecule has 0 spiro atoms. The summed E-state index contributed by atoms with van der Waals surface area (Å²) in [6, 6.07) is 8.64. The third-order valence-corrected chi connectivity index (χ3v) is 3.34. The summed E-state index contributed by atoms with van der Waals surface area (Å²) in [4.78, 5) is 20.5. The van der Waals surface area contributed by atoms with Gasteiger partial charge >= 0.3 is 0 Å². The van der Waals surface area contributed by atoms with Crippen molar-refractivity contribution >= 4 is 29.1 Å². The number of hydrogen-bond donors (Lipinski definition) is 2. The van der Waals surface area contributed by atoms with E-state index in [0.717, 1.165) is 13.0 Å². The molecule has 1 aromatic heterocycles. The van der Waals surface area contributed by atoms with Crippen molar-refractivity contribution in [3.05, 3.63) is 47.2 Å². The van der Waals surface area contributed by atoms with E-state index in [2.05, 4.69) is 34.4 Å². The molecule has 1 amide bonds. The van der Waals surface area contributed by atoms with E-state index in [-0.39, 0.29) is 5.91 Å². The lowest BCUT2D eigenvalue weighted by Gasteiger charge is -2.09. The van der Waals surface area contributed by atoms with Crippen molar-refractivity contribution in [2.75, 3.05) is 17.2 Å². The molecule has 0 aliphatic carbocycles. The summed E-state index contributed by atoms with van der Waals surface area (Å²) >= 11 is 6.03. The predicted molar refractivity (Wildman–Crippen MR) is 89.4 cm³/mol. The van der Waals surface area contributed by atoms with Crippen LogP contribution in [0.2, 0.25) is 5.02 Å². The quantitative estimate of drug-likeness (QED) is 0.849. The van der Waals surface area contributed by atoms with Gasteiger partial charge in [0.1, 0.15) is 5.69 Å². The first-order valence-corrected chi connectivity index (χ1v) is 7.57. The van der Waals surface area contributed by atoms with E-state index in [4.69, 9.17) is 11.6 Å². The van der Waals surface area contributed by atoms with E-state index < -0.39 is 0 Å². The summed E-state index contributed by atoms with van der Waals surface area (Å²) in [5.41, 5.74) is 0.851. The summed E-state index contributed by atoms with van der Waals surface area (Å²) in [5.74, 6) is 0.731. The lowest BCUT2D eigenvalue weighted by molar-refractivity contribution is 0.102. The van der Waals surface area contributed by atoms with Crippen LogP contribution in [0.25, 0.3) is 0 Å². The van der Waals surface area contributed by atoms with E-state index in [1.54, 1.807) is 36.5 Å². The minimum absolute atomic E-state index is 0.293. The molecule has 0 saturated carbocycles. The first kappa shape index (κ1) is 16.2. The van der Waals surface area contributed by atoms with E-state index >= 15 is 0 Å². The second-order valence-electron chi connectivity index (χ2n) is 5.31. The molecule has 6 heteroatoms. The smallest absolute Gasteiger partial charge is 0.274 e. The van der Waals surface area contributed by atoms with Crippen LogP contribution in [0.1, 0.15) is 30.8 Å². The molecule has 0 aliphatic heterocycles. The third-order valence-electron chi connectivity index (χ3n) is 3.02. The molecular weight excluding hydrogens is 300 g/mol. The molecular formula is C16H19ClN4O. The Balaban J connectivity index is 2.02. The molecule has 2 N–H and O–H groups in total. The maximum Gasteiger partial charge on any atom is 0.274 e. The highest BCUT2D eigenvalue weighted by Gasteiger charge is 2.10. The number of aromatic nitrogens is 2. The summed E-state index contributed by atoms with van der Waals surface area (Å²) in [6.45, 7) is 5.07. The summed E-state index contributed by atoms with van der Waals surface area (Å²) in [7, 11) is 0. The van der Waals surface area contributed by atoms with Crippen molar-refractivity contribution < 1.29 is 4.79 Å². The normalized spacial score (nSPS) is 10.5. The second-order valence-corrected chi connectivity index (χ2v) is 5.72. The number of carbonyl (C=O) groups is 1. The largest absolute Gasteiger partial charge is 0.354 e. The number of carbonyl (C=O) groups excluding carboxylic acids is 1. The van der Waals surface area contributed by atoms with Crippen LogP contribution in [0.3, 0.4) is 0 Å². The summed E-state index contributed by atoms with van der Waals surface area (Å²) in [5, 5.41) is 6.34. The van der Waals surface area contributed by atoms with Gasteiger partial charge in [0.25, 0.3) is 5.91 Å². The number of benzene rings is 1. The molecule has 0 radical (unpaired) electrons. The monoisotopic (exact) mass is 318 g/mol. The minimum atomic E-state index is -0.317. The Morgan fingerprint density at radius 3 is 2.77 bits per heavy atom. The van der Waals surface area contributed by atoms with Crippen LogP contribution < -0.4 is 10.6 Å². The van der Waals surface area contributed by atoms with Gasteiger partial charge < -0.3 is 10.6 Å². The molecule has 0 unspecified atom stereocenters. The van der Waals surface area contributed by atoms with Crippen LogP contribution in [0.5, 0.6) is 0 Å². The Kier molecular flexibility index (Phi) is 5.72. The van der Waals surface area contributed by atoms with Crippen LogP contribution in [0, 0.1) is 5.92 Å². The fourth-order valence-corrected chi connectivity index (χ4v) is 1.97. The van der Waals surface area contributed by atoms with E-state index in [1.165, 1.54) is 0 Å². The first-order valence-electron chi connectivity index (χ1n) is 7.19. The first-order chi connectivity index (χ1) is 10.6. The molecule has 0 fully saturated rings. The third kappa shape index (κ3) is 4.70. The van der Waals surface area contributed by atoms with Crippen LogP contribution in [0.4, 0.5) is 11.6 Å². The zero-order valence-electron chi connectivity index (χ0n) is 12.6. The Morgan fingerprint density at radius 1 is 1.27 bits per heavy atom. The van der Waals surface area contributed by atoms with Crippen molar-refractivity contribution in [3.63, 3.8) is 0 Å². The van der Waals surface area contributed by atoms with Crippen LogP contribution in [-0.4, -0.2) is 22.4 Å². The minimum Gasteiger partial charge on any atom is -0.354 e.